The SMILES string of the molecule is COC(=O)c1ccc(Cl)c(Nc2nncc(N3CCc4ccccc43)n2)c1. The molecule has 0 amide bonds. The maximum absolute atomic E-state index is 11.7. The van der Waals surface area contributed by atoms with Crippen LogP contribution in [0.25, 0.3) is 0 Å². The highest BCUT2D eigenvalue weighted by Crippen LogP contribution is 2.33. The van der Waals surface area contributed by atoms with Crippen molar-refractivity contribution in [3.8, 4) is 0 Å². The quantitative estimate of drug-likeness (QED) is 0.689. The van der Waals surface area contributed by atoms with Crippen molar-refractivity contribution in [3.05, 3.63) is 64.8 Å². The van der Waals surface area contributed by atoms with Crippen molar-refractivity contribution in [1.29, 1.82) is 0 Å². The zero-order chi connectivity index (χ0) is 18.8. The summed E-state index contributed by atoms with van der Waals surface area (Å²) in [4.78, 5) is 18.4. The zero-order valence-corrected chi connectivity index (χ0v) is 15.3. The van der Waals surface area contributed by atoms with Gasteiger partial charge >= 0.3 is 5.97 Å². The van der Waals surface area contributed by atoms with Crippen molar-refractivity contribution >= 4 is 40.7 Å². The van der Waals surface area contributed by atoms with Crippen LogP contribution in [-0.4, -0.2) is 34.8 Å². The Morgan fingerprint density at radius 1 is 1.26 bits per heavy atom. The Morgan fingerprint density at radius 2 is 2.11 bits per heavy atom. The van der Waals surface area contributed by atoms with Crippen molar-refractivity contribution in [2.45, 2.75) is 6.42 Å². The van der Waals surface area contributed by atoms with Crippen LogP contribution in [0.5, 0.6) is 0 Å². The monoisotopic (exact) mass is 381 g/mol. The number of hydrogen-bond acceptors (Lipinski definition) is 7. The first-order valence-corrected chi connectivity index (χ1v) is 8.73. The maximum Gasteiger partial charge on any atom is 0.337 e. The second-order valence-corrected chi connectivity index (χ2v) is 6.39. The predicted molar refractivity (Wildman–Crippen MR) is 103 cm³/mol. The topological polar surface area (TPSA) is 80.2 Å². The number of ether oxygens (including phenoxy) is 1. The Bertz CT molecular complexity index is 1010. The molecule has 136 valence electrons. The van der Waals surface area contributed by atoms with E-state index in [1.165, 1.54) is 12.7 Å². The van der Waals surface area contributed by atoms with Crippen molar-refractivity contribution in [3.63, 3.8) is 0 Å². The number of carbonyl (C=O) groups is 1. The number of methoxy groups -OCH3 is 1. The van der Waals surface area contributed by atoms with Crippen LogP contribution in [0, 0.1) is 0 Å². The van der Waals surface area contributed by atoms with Gasteiger partial charge in [-0.05, 0) is 36.2 Å². The highest BCUT2D eigenvalue weighted by molar-refractivity contribution is 6.33. The number of benzene rings is 2. The number of hydrogen-bond donors (Lipinski definition) is 1. The van der Waals surface area contributed by atoms with Crippen LogP contribution in [0.15, 0.2) is 48.7 Å². The van der Waals surface area contributed by atoms with Crippen molar-refractivity contribution in [2.75, 3.05) is 23.9 Å². The molecule has 27 heavy (non-hydrogen) atoms. The van der Waals surface area contributed by atoms with E-state index >= 15 is 0 Å². The van der Waals surface area contributed by atoms with E-state index in [1.807, 2.05) is 12.1 Å². The summed E-state index contributed by atoms with van der Waals surface area (Å²) in [5.41, 5.74) is 3.27. The van der Waals surface area contributed by atoms with Crippen LogP contribution in [0.3, 0.4) is 0 Å². The van der Waals surface area contributed by atoms with Crippen LogP contribution in [-0.2, 0) is 11.2 Å². The molecule has 1 aliphatic heterocycles. The molecule has 7 nitrogen and oxygen atoms in total. The molecular formula is C19H16ClN5O2. The molecular weight excluding hydrogens is 366 g/mol. The lowest BCUT2D eigenvalue weighted by molar-refractivity contribution is 0.0601. The minimum absolute atomic E-state index is 0.292. The smallest absolute Gasteiger partial charge is 0.337 e. The van der Waals surface area contributed by atoms with Gasteiger partial charge in [-0.2, -0.15) is 10.1 Å². The maximum atomic E-state index is 11.7. The Balaban J connectivity index is 1.62. The van der Waals surface area contributed by atoms with Gasteiger partial charge in [-0.15, -0.1) is 5.10 Å². The molecule has 1 N–H and O–H groups in total. The third kappa shape index (κ3) is 3.41. The van der Waals surface area contributed by atoms with Gasteiger partial charge in [-0.25, -0.2) is 4.79 Å². The van der Waals surface area contributed by atoms with Crippen molar-refractivity contribution in [1.82, 2.24) is 15.2 Å². The Morgan fingerprint density at radius 3 is 2.96 bits per heavy atom. The predicted octanol–water partition coefficient (Wildman–Crippen LogP) is 3.75. The third-order valence-corrected chi connectivity index (χ3v) is 4.67. The molecule has 0 saturated heterocycles. The first kappa shape index (κ1) is 17.2. The summed E-state index contributed by atoms with van der Waals surface area (Å²) < 4.78 is 4.74. The van der Waals surface area contributed by atoms with Crippen molar-refractivity contribution < 1.29 is 9.53 Å². The minimum atomic E-state index is -0.448. The van der Waals surface area contributed by atoms with Gasteiger partial charge < -0.3 is 15.0 Å². The lowest BCUT2D eigenvalue weighted by Gasteiger charge is -2.18. The summed E-state index contributed by atoms with van der Waals surface area (Å²) >= 11 is 6.23. The molecule has 8 heteroatoms. The fourth-order valence-corrected chi connectivity index (χ4v) is 3.21. The summed E-state index contributed by atoms with van der Waals surface area (Å²) in [6.45, 7) is 0.829. The molecule has 0 spiro atoms. The second kappa shape index (κ2) is 7.20. The van der Waals surface area contributed by atoms with Gasteiger partial charge in [0.1, 0.15) is 0 Å². The number of fused-ring (bicyclic) bond motifs is 1. The van der Waals surface area contributed by atoms with E-state index < -0.39 is 5.97 Å². The average Bonchev–Trinajstić information content (AvgIpc) is 3.13. The van der Waals surface area contributed by atoms with Gasteiger partial charge in [0, 0.05) is 12.2 Å². The molecule has 3 aromatic rings. The van der Waals surface area contributed by atoms with E-state index in [1.54, 1.807) is 24.4 Å². The van der Waals surface area contributed by atoms with Crippen LogP contribution >= 0.6 is 11.6 Å². The standard InChI is InChI=1S/C19H16ClN5O2/c1-27-18(26)13-6-7-14(20)15(10-13)22-19-23-17(11-21-24-19)25-9-8-12-4-2-3-5-16(12)25/h2-7,10-11H,8-9H2,1H3,(H,22,23,24). The van der Waals surface area contributed by atoms with E-state index in [0.717, 1.165) is 18.7 Å². The van der Waals surface area contributed by atoms with E-state index in [4.69, 9.17) is 16.3 Å². The molecule has 0 atom stereocenters. The lowest BCUT2D eigenvalue weighted by atomic mass is 10.2. The number of carbonyl (C=O) groups excluding carboxylic acids is 1. The molecule has 0 bridgehead atoms. The van der Waals surface area contributed by atoms with Gasteiger partial charge in [-0.3, -0.25) is 0 Å². The highest BCUT2D eigenvalue weighted by Gasteiger charge is 2.21. The second-order valence-electron chi connectivity index (χ2n) is 5.98. The Hall–Kier alpha value is -3.19. The summed E-state index contributed by atoms with van der Waals surface area (Å²) in [6.07, 6.45) is 2.58. The number of esters is 1. The van der Waals surface area contributed by atoms with Gasteiger partial charge in [0.2, 0.25) is 5.95 Å². The van der Waals surface area contributed by atoms with E-state index in [9.17, 15) is 4.79 Å². The molecule has 2 aromatic carbocycles. The summed E-state index contributed by atoms with van der Waals surface area (Å²) in [5.74, 6) is 0.537. The van der Waals surface area contributed by atoms with E-state index in [0.29, 0.717) is 28.0 Å². The van der Waals surface area contributed by atoms with Gasteiger partial charge in [-0.1, -0.05) is 29.8 Å². The average molecular weight is 382 g/mol. The molecule has 0 radical (unpaired) electrons. The molecule has 0 saturated carbocycles. The molecule has 1 aliphatic rings. The van der Waals surface area contributed by atoms with Crippen LogP contribution in [0.2, 0.25) is 5.02 Å². The number of nitrogens with zero attached hydrogens (tertiary/aromatic N) is 4. The van der Waals surface area contributed by atoms with Gasteiger partial charge in [0.25, 0.3) is 0 Å². The zero-order valence-electron chi connectivity index (χ0n) is 14.5. The van der Waals surface area contributed by atoms with Crippen LogP contribution < -0.4 is 10.2 Å². The van der Waals surface area contributed by atoms with Gasteiger partial charge in [0.05, 0.1) is 29.6 Å². The number of anilines is 4. The third-order valence-electron chi connectivity index (χ3n) is 4.34. The lowest BCUT2D eigenvalue weighted by Crippen LogP contribution is -2.16. The summed E-state index contributed by atoms with van der Waals surface area (Å²) in [6, 6.07) is 13.0. The first-order chi connectivity index (χ1) is 13.2. The fraction of sp³-hybridized carbons (Fsp3) is 0.158. The molecule has 0 fully saturated rings. The summed E-state index contributed by atoms with van der Waals surface area (Å²) in [7, 11) is 1.33. The highest BCUT2D eigenvalue weighted by atomic mass is 35.5. The number of halogens is 1. The van der Waals surface area contributed by atoms with Gasteiger partial charge in [0.15, 0.2) is 5.82 Å². The molecule has 1 aromatic heterocycles. The summed E-state index contributed by atoms with van der Waals surface area (Å²) in [5, 5.41) is 11.5. The Kier molecular flexibility index (Phi) is 4.60. The molecule has 4 rings (SSSR count). The number of para-hydroxylation sites is 1. The van der Waals surface area contributed by atoms with Crippen LogP contribution in [0.1, 0.15) is 15.9 Å². The molecule has 2 heterocycles. The molecule has 0 aliphatic carbocycles. The fourth-order valence-electron chi connectivity index (χ4n) is 3.04. The number of aromatic nitrogens is 3. The number of rotatable bonds is 4. The first-order valence-electron chi connectivity index (χ1n) is 8.36. The largest absolute Gasteiger partial charge is 0.465 e. The molecule has 0 unspecified atom stereocenters. The normalized spacial score (nSPS) is 12.6. The minimum Gasteiger partial charge on any atom is -0.465 e. The number of nitrogens with one attached hydrogen (secondary N) is 1. The Labute approximate surface area is 161 Å². The van der Waals surface area contributed by atoms with Crippen LogP contribution in [0.4, 0.5) is 23.1 Å². The van der Waals surface area contributed by atoms with E-state index in [2.05, 4.69) is 37.5 Å². The van der Waals surface area contributed by atoms with E-state index in [-0.39, 0.29) is 0 Å². The van der Waals surface area contributed by atoms with Crippen molar-refractivity contribution in [2.24, 2.45) is 0 Å².